The lowest BCUT2D eigenvalue weighted by Crippen LogP contribution is -2.18. The van der Waals surface area contributed by atoms with Gasteiger partial charge < -0.3 is 10.6 Å². The Morgan fingerprint density at radius 1 is 1.11 bits per heavy atom. The number of hydrogen-bond donors (Lipinski definition) is 2. The van der Waals surface area contributed by atoms with Gasteiger partial charge in [0.05, 0.1) is 29.6 Å². The van der Waals surface area contributed by atoms with Gasteiger partial charge in [-0.25, -0.2) is 4.99 Å². The molecule has 27 heavy (non-hydrogen) atoms. The normalized spacial score (nSPS) is 12.0. The van der Waals surface area contributed by atoms with Gasteiger partial charge in [-0.15, -0.1) is 0 Å². The average Bonchev–Trinajstić information content (AvgIpc) is 2.69. The Morgan fingerprint density at radius 2 is 1.89 bits per heavy atom. The van der Waals surface area contributed by atoms with Crippen molar-refractivity contribution in [2.45, 2.75) is 6.42 Å². The van der Waals surface area contributed by atoms with Crippen LogP contribution in [0.1, 0.15) is 5.56 Å². The molecule has 0 aliphatic carbocycles. The largest absolute Gasteiger partial charge is 0.334 e. The topological polar surface area (TPSA) is 77.3 Å². The number of carbonyl (C=O) groups excluding carboxylic acids is 1. The SMILES string of the molecule is N#CCc1ccc(NC(=O)CSC2=Nc3cccc4cccc(c34)N2)cc1. The molecule has 2 N–H and O–H groups in total. The highest BCUT2D eigenvalue weighted by Gasteiger charge is 2.15. The van der Waals surface area contributed by atoms with Gasteiger partial charge in [-0.3, -0.25) is 4.79 Å². The molecule has 132 valence electrons. The molecule has 0 unspecified atom stereocenters. The van der Waals surface area contributed by atoms with E-state index in [1.807, 2.05) is 48.5 Å². The van der Waals surface area contributed by atoms with Crippen molar-refractivity contribution in [3.63, 3.8) is 0 Å². The van der Waals surface area contributed by atoms with E-state index in [0.29, 0.717) is 11.6 Å². The van der Waals surface area contributed by atoms with Crippen molar-refractivity contribution in [3.8, 4) is 6.07 Å². The molecule has 6 heteroatoms. The summed E-state index contributed by atoms with van der Waals surface area (Å²) in [5, 5.41) is 17.8. The molecule has 0 saturated carbocycles. The molecule has 1 aliphatic rings. The zero-order valence-electron chi connectivity index (χ0n) is 14.4. The van der Waals surface area contributed by atoms with E-state index in [1.54, 1.807) is 0 Å². The van der Waals surface area contributed by atoms with Crippen LogP contribution in [0.2, 0.25) is 0 Å². The van der Waals surface area contributed by atoms with E-state index >= 15 is 0 Å². The Labute approximate surface area is 161 Å². The van der Waals surface area contributed by atoms with Gasteiger partial charge in [-0.1, -0.05) is 48.2 Å². The highest BCUT2D eigenvalue weighted by Crippen LogP contribution is 2.36. The number of amides is 1. The molecule has 1 aliphatic heterocycles. The molecule has 0 atom stereocenters. The number of nitriles is 1. The van der Waals surface area contributed by atoms with Crippen LogP contribution in [0.15, 0.2) is 65.7 Å². The number of thioether (sulfide) groups is 1. The second-order valence-corrected chi connectivity index (χ2v) is 7.06. The molecule has 0 saturated heterocycles. The lowest BCUT2D eigenvalue weighted by molar-refractivity contribution is -0.113. The van der Waals surface area contributed by atoms with Crippen LogP contribution in [-0.4, -0.2) is 16.8 Å². The minimum absolute atomic E-state index is 0.102. The van der Waals surface area contributed by atoms with Crippen molar-refractivity contribution < 1.29 is 4.79 Å². The fourth-order valence-electron chi connectivity index (χ4n) is 2.97. The minimum atomic E-state index is -0.102. The van der Waals surface area contributed by atoms with E-state index in [4.69, 9.17) is 5.26 Å². The number of nitrogens with zero attached hydrogens (tertiary/aromatic N) is 2. The van der Waals surface area contributed by atoms with Crippen molar-refractivity contribution in [1.82, 2.24) is 0 Å². The second kappa shape index (κ2) is 7.52. The average molecular weight is 372 g/mol. The predicted molar refractivity (Wildman–Crippen MR) is 112 cm³/mol. The first-order valence-electron chi connectivity index (χ1n) is 8.49. The number of hydrogen-bond acceptors (Lipinski definition) is 5. The van der Waals surface area contributed by atoms with Crippen LogP contribution in [0.25, 0.3) is 10.8 Å². The first-order valence-corrected chi connectivity index (χ1v) is 9.47. The summed E-state index contributed by atoms with van der Waals surface area (Å²) in [7, 11) is 0. The third kappa shape index (κ3) is 3.78. The fourth-order valence-corrected chi connectivity index (χ4v) is 3.65. The number of rotatable bonds is 4. The molecule has 4 rings (SSSR count). The van der Waals surface area contributed by atoms with Crippen LogP contribution in [0.3, 0.4) is 0 Å². The molecule has 0 spiro atoms. The molecular formula is C21H16N4OS. The van der Waals surface area contributed by atoms with Gasteiger partial charge in [0.2, 0.25) is 5.91 Å². The van der Waals surface area contributed by atoms with E-state index < -0.39 is 0 Å². The second-order valence-electron chi connectivity index (χ2n) is 6.09. The summed E-state index contributed by atoms with van der Waals surface area (Å²) in [5.41, 5.74) is 3.57. The summed E-state index contributed by atoms with van der Waals surface area (Å²) in [6.45, 7) is 0. The van der Waals surface area contributed by atoms with Crippen molar-refractivity contribution in [3.05, 3.63) is 66.2 Å². The first-order chi connectivity index (χ1) is 13.2. The smallest absolute Gasteiger partial charge is 0.234 e. The quantitative estimate of drug-likeness (QED) is 0.696. The van der Waals surface area contributed by atoms with Crippen LogP contribution in [0.5, 0.6) is 0 Å². The number of amidine groups is 1. The summed E-state index contributed by atoms with van der Waals surface area (Å²) in [6.07, 6.45) is 0.365. The van der Waals surface area contributed by atoms with Crippen molar-refractivity contribution in [2.75, 3.05) is 16.4 Å². The highest BCUT2D eigenvalue weighted by atomic mass is 32.2. The van der Waals surface area contributed by atoms with Gasteiger partial charge in [0.1, 0.15) is 0 Å². The van der Waals surface area contributed by atoms with Crippen LogP contribution < -0.4 is 10.6 Å². The maximum atomic E-state index is 12.2. The number of carbonyl (C=O) groups is 1. The molecule has 1 heterocycles. The lowest BCUT2D eigenvalue weighted by Gasteiger charge is -2.18. The van der Waals surface area contributed by atoms with Crippen LogP contribution in [0, 0.1) is 11.3 Å². The van der Waals surface area contributed by atoms with Crippen molar-refractivity contribution in [2.24, 2.45) is 4.99 Å². The Kier molecular flexibility index (Phi) is 4.77. The summed E-state index contributed by atoms with van der Waals surface area (Å²) in [5.74, 6) is 0.152. The highest BCUT2D eigenvalue weighted by molar-refractivity contribution is 8.14. The van der Waals surface area contributed by atoms with E-state index in [9.17, 15) is 4.79 Å². The first kappa shape index (κ1) is 17.1. The lowest BCUT2D eigenvalue weighted by atomic mass is 10.1. The maximum Gasteiger partial charge on any atom is 0.234 e. The van der Waals surface area contributed by atoms with Gasteiger partial charge in [-0.05, 0) is 35.2 Å². The monoisotopic (exact) mass is 372 g/mol. The molecule has 1 amide bonds. The summed E-state index contributed by atoms with van der Waals surface area (Å²) in [4.78, 5) is 16.9. The Hall–Kier alpha value is -3.30. The third-order valence-electron chi connectivity index (χ3n) is 4.21. The van der Waals surface area contributed by atoms with Crippen molar-refractivity contribution >= 4 is 50.7 Å². The van der Waals surface area contributed by atoms with Crippen LogP contribution in [0.4, 0.5) is 17.1 Å². The zero-order chi connectivity index (χ0) is 18.6. The molecule has 0 bridgehead atoms. The van der Waals surface area contributed by atoms with Gasteiger partial charge in [-0.2, -0.15) is 5.26 Å². The molecule has 3 aromatic rings. The molecule has 3 aromatic carbocycles. The van der Waals surface area contributed by atoms with Gasteiger partial charge in [0, 0.05) is 11.1 Å². The Morgan fingerprint density at radius 3 is 2.67 bits per heavy atom. The molecule has 0 aromatic heterocycles. The molecule has 0 radical (unpaired) electrons. The van der Waals surface area contributed by atoms with Gasteiger partial charge in [0.15, 0.2) is 5.17 Å². The zero-order valence-corrected chi connectivity index (χ0v) is 15.2. The van der Waals surface area contributed by atoms with Crippen LogP contribution in [-0.2, 0) is 11.2 Å². The van der Waals surface area contributed by atoms with E-state index in [1.165, 1.54) is 11.8 Å². The number of benzene rings is 3. The molecular weight excluding hydrogens is 356 g/mol. The fraction of sp³-hybridized carbons (Fsp3) is 0.0952. The molecule has 5 nitrogen and oxygen atoms in total. The Bertz CT molecular complexity index is 1080. The van der Waals surface area contributed by atoms with E-state index in [-0.39, 0.29) is 11.7 Å². The number of anilines is 2. The van der Waals surface area contributed by atoms with Gasteiger partial charge >= 0.3 is 0 Å². The number of nitrogens with one attached hydrogen (secondary N) is 2. The standard InChI is InChI=1S/C21H16N4OS/c22-12-11-14-7-9-16(10-8-14)23-19(26)13-27-21-24-17-5-1-3-15-4-2-6-18(25-21)20(15)17/h1-10H,11,13H2,(H,23,26)(H,24,25). The number of aliphatic imine (C=N–C) groups is 1. The van der Waals surface area contributed by atoms with Gasteiger partial charge in [0.25, 0.3) is 0 Å². The maximum absolute atomic E-state index is 12.2. The van der Waals surface area contributed by atoms with Crippen molar-refractivity contribution in [1.29, 1.82) is 5.26 Å². The predicted octanol–water partition coefficient (Wildman–Crippen LogP) is 4.69. The summed E-state index contributed by atoms with van der Waals surface area (Å²) < 4.78 is 0. The molecule has 0 fully saturated rings. The summed E-state index contributed by atoms with van der Waals surface area (Å²) >= 11 is 1.37. The minimum Gasteiger partial charge on any atom is -0.334 e. The summed E-state index contributed by atoms with van der Waals surface area (Å²) in [6, 6.07) is 21.5. The third-order valence-corrected chi connectivity index (χ3v) is 5.08. The van der Waals surface area contributed by atoms with E-state index in [0.717, 1.165) is 33.4 Å². The van der Waals surface area contributed by atoms with E-state index in [2.05, 4.69) is 33.8 Å². The Balaban J connectivity index is 1.40. The van der Waals surface area contributed by atoms with Crippen LogP contribution >= 0.6 is 11.8 Å².